The van der Waals surface area contributed by atoms with E-state index in [-0.39, 0.29) is 24.6 Å². The van der Waals surface area contributed by atoms with Gasteiger partial charge in [-0.15, -0.1) is 0 Å². The number of halogens is 3. The highest BCUT2D eigenvalue weighted by Crippen LogP contribution is 2.29. The summed E-state index contributed by atoms with van der Waals surface area (Å²) in [5.74, 6) is 0.596. The van der Waals surface area contributed by atoms with Crippen molar-refractivity contribution in [1.29, 1.82) is 5.26 Å². The summed E-state index contributed by atoms with van der Waals surface area (Å²) in [4.78, 5) is 26.2. The smallest absolute Gasteiger partial charge is 0.350 e. The molecule has 2 amide bonds. The van der Waals surface area contributed by atoms with E-state index >= 15 is 0 Å². The average molecular weight is 428 g/mol. The van der Waals surface area contributed by atoms with E-state index in [4.69, 9.17) is 5.26 Å². The van der Waals surface area contributed by atoms with E-state index in [0.717, 1.165) is 29.8 Å². The molecule has 1 atom stereocenters. The van der Waals surface area contributed by atoms with Crippen LogP contribution in [0.1, 0.15) is 27.9 Å². The van der Waals surface area contributed by atoms with E-state index in [1.54, 1.807) is 7.05 Å². The molecule has 0 aliphatic carbocycles. The number of rotatable bonds is 9. The maximum atomic E-state index is 12.7. The first-order valence-electron chi connectivity index (χ1n) is 9.69. The van der Waals surface area contributed by atoms with Gasteiger partial charge in [0.2, 0.25) is 5.91 Å². The van der Waals surface area contributed by atoms with Gasteiger partial charge in [0.05, 0.1) is 5.56 Å². The van der Waals surface area contributed by atoms with Gasteiger partial charge >= 0.3 is 6.18 Å². The van der Waals surface area contributed by atoms with Crippen LogP contribution in [0.3, 0.4) is 0 Å². The van der Waals surface area contributed by atoms with Crippen molar-refractivity contribution in [2.75, 3.05) is 20.1 Å². The lowest BCUT2D eigenvalue weighted by molar-refractivity contribution is -0.137. The van der Waals surface area contributed by atoms with Crippen molar-refractivity contribution in [3.05, 3.63) is 71.3 Å². The normalized spacial score (nSPS) is 11.8. The van der Waals surface area contributed by atoms with Crippen LogP contribution in [0.5, 0.6) is 0 Å². The number of carbonyl (C=O) groups excluding carboxylic acids is 2. The van der Waals surface area contributed by atoms with Crippen LogP contribution < -0.4 is 5.32 Å². The number of carbonyl (C=O) groups is 2. The average Bonchev–Trinajstić information content (AvgIpc) is 2.76. The van der Waals surface area contributed by atoms with Gasteiger partial charge in [0.1, 0.15) is 0 Å². The van der Waals surface area contributed by atoms with E-state index in [9.17, 15) is 22.8 Å². The predicted molar refractivity (Wildman–Crippen MR) is 111 cm³/mol. The molecule has 0 fully saturated rings. The second kappa shape index (κ2) is 11.2. The van der Waals surface area contributed by atoms with Crippen LogP contribution >= 0.6 is 0 Å². The zero-order chi connectivity index (χ0) is 22.9. The molecular weight excluding hydrogens is 406 g/mol. The highest BCUT2D eigenvalue weighted by atomic mass is 19.4. The number of nitrogens with one attached hydrogen (secondary N) is 1. The van der Waals surface area contributed by atoms with Crippen molar-refractivity contribution in [3.63, 3.8) is 0 Å². The molecule has 1 unspecified atom stereocenters. The molecule has 1 radical (unpaired) electrons. The predicted octanol–water partition coefficient (Wildman–Crippen LogP) is 3.50. The highest BCUT2D eigenvalue weighted by molar-refractivity contribution is 6.52. The summed E-state index contributed by atoms with van der Waals surface area (Å²) in [7, 11) is 2.88. The summed E-state index contributed by atoms with van der Waals surface area (Å²) >= 11 is 0. The Kier molecular flexibility index (Phi) is 8.68. The molecule has 2 aromatic carbocycles. The molecule has 2 aromatic rings. The van der Waals surface area contributed by atoms with Crippen LogP contribution in [0.25, 0.3) is 0 Å². The van der Waals surface area contributed by atoms with Gasteiger partial charge in [0.25, 0.3) is 13.2 Å². The minimum atomic E-state index is -4.46. The standard InChI is InChI=1S/C22H22BF3N3O2/c1-29(21(31)19(23-15-27)12-7-16-5-3-2-4-6-16)14-13-28-20(30)17-8-10-18(11-9-17)22(24,25)26/h2-6,8-11,19H,7,12-14H2,1H3,(H,28,30). The summed E-state index contributed by atoms with van der Waals surface area (Å²) in [6.07, 6.45) is -3.33. The van der Waals surface area contributed by atoms with Gasteiger partial charge in [-0.1, -0.05) is 30.3 Å². The second-order valence-corrected chi connectivity index (χ2v) is 7.02. The molecule has 9 heteroatoms. The van der Waals surface area contributed by atoms with Crippen LogP contribution in [0.15, 0.2) is 54.6 Å². The number of nitriles is 1. The molecule has 0 spiro atoms. The Labute approximate surface area is 180 Å². The zero-order valence-electron chi connectivity index (χ0n) is 17.0. The van der Waals surface area contributed by atoms with Gasteiger partial charge in [-0.2, -0.15) is 13.2 Å². The molecule has 0 aliphatic heterocycles. The third kappa shape index (κ3) is 7.48. The first-order valence-corrected chi connectivity index (χ1v) is 9.69. The molecule has 31 heavy (non-hydrogen) atoms. The number of hydrogen-bond acceptors (Lipinski definition) is 3. The van der Waals surface area contributed by atoms with E-state index in [1.165, 1.54) is 12.2 Å². The summed E-state index contributed by atoms with van der Waals surface area (Å²) in [6, 6.07) is 13.5. The van der Waals surface area contributed by atoms with Gasteiger partial charge in [0, 0.05) is 31.5 Å². The van der Waals surface area contributed by atoms with Gasteiger partial charge in [-0.25, -0.2) is 5.26 Å². The summed E-state index contributed by atoms with van der Waals surface area (Å²) in [5.41, 5.74) is 0.336. The van der Waals surface area contributed by atoms with Crippen molar-refractivity contribution < 1.29 is 22.8 Å². The van der Waals surface area contributed by atoms with E-state index < -0.39 is 23.5 Å². The second-order valence-electron chi connectivity index (χ2n) is 7.02. The van der Waals surface area contributed by atoms with Gasteiger partial charge in [-0.05, 0) is 48.6 Å². The maximum Gasteiger partial charge on any atom is 0.416 e. The third-order valence-corrected chi connectivity index (χ3v) is 4.76. The number of hydrogen-bond donors (Lipinski definition) is 1. The Bertz CT molecular complexity index is 912. The number of aryl methyl sites for hydroxylation is 1. The molecule has 5 nitrogen and oxygen atoms in total. The molecule has 161 valence electrons. The SMILES string of the molecule is CN(CCNC(=O)c1ccc(C(F)(F)F)cc1)C(=O)C([B]C#N)CCc1ccccc1. The molecule has 0 saturated heterocycles. The fourth-order valence-corrected chi connectivity index (χ4v) is 2.98. The van der Waals surface area contributed by atoms with E-state index in [0.29, 0.717) is 12.8 Å². The molecule has 0 saturated carbocycles. The minimum Gasteiger partial charge on any atom is -0.350 e. The lowest BCUT2D eigenvalue weighted by Crippen LogP contribution is -2.38. The quantitative estimate of drug-likeness (QED) is 0.622. The van der Waals surface area contributed by atoms with Crippen LogP contribution in [-0.4, -0.2) is 44.1 Å². The van der Waals surface area contributed by atoms with Crippen molar-refractivity contribution in [2.24, 2.45) is 0 Å². The highest BCUT2D eigenvalue weighted by Gasteiger charge is 2.30. The first kappa shape index (κ1) is 24.0. The Morgan fingerprint density at radius 3 is 2.35 bits per heavy atom. The fourth-order valence-electron chi connectivity index (χ4n) is 2.98. The van der Waals surface area contributed by atoms with Crippen molar-refractivity contribution in [2.45, 2.75) is 24.8 Å². The molecule has 0 bridgehead atoms. The number of benzene rings is 2. The topological polar surface area (TPSA) is 73.2 Å². The van der Waals surface area contributed by atoms with Gasteiger partial charge in [-0.3, -0.25) is 9.59 Å². The molecule has 0 heterocycles. The molecular formula is C22H22BF3N3O2. The number of alkyl halides is 3. The third-order valence-electron chi connectivity index (χ3n) is 4.76. The molecule has 0 aromatic heterocycles. The zero-order valence-corrected chi connectivity index (χ0v) is 17.0. The first-order chi connectivity index (χ1) is 14.7. The van der Waals surface area contributed by atoms with Crippen LogP contribution in [0.2, 0.25) is 5.82 Å². The lowest BCUT2D eigenvalue weighted by Gasteiger charge is -2.22. The fraction of sp³-hybridized carbons (Fsp3) is 0.318. The van der Waals surface area contributed by atoms with Crippen LogP contribution in [0, 0.1) is 11.2 Å². The monoisotopic (exact) mass is 428 g/mol. The molecule has 0 aliphatic rings. The van der Waals surface area contributed by atoms with E-state index in [2.05, 4.69) is 5.32 Å². The van der Waals surface area contributed by atoms with E-state index in [1.807, 2.05) is 36.3 Å². The van der Waals surface area contributed by atoms with Crippen molar-refractivity contribution >= 4 is 19.1 Å². The number of nitrogens with zero attached hydrogens (tertiary/aromatic N) is 2. The van der Waals surface area contributed by atoms with Gasteiger partial charge in [0.15, 0.2) is 0 Å². The molecule has 2 rings (SSSR count). The summed E-state index contributed by atoms with van der Waals surface area (Å²) < 4.78 is 37.8. The largest absolute Gasteiger partial charge is 0.416 e. The number of amides is 2. The molecule has 1 N–H and O–H groups in total. The van der Waals surface area contributed by atoms with Gasteiger partial charge < -0.3 is 10.2 Å². The summed E-state index contributed by atoms with van der Waals surface area (Å²) in [6.45, 7) is 0.326. The summed E-state index contributed by atoms with van der Waals surface area (Å²) in [5, 5.41) is 11.6. The Balaban J connectivity index is 1.84. The maximum absolute atomic E-state index is 12.7. The van der Waals surface area contributed by atoms with Crippen LogP contribution in [0.4, 0.5) is 13.2 Å². The minimum absolute atomic E-state index is 0.0977. The Morgan fingerprint density at radius 2 is 1.77 bits per heavy atom. The Hall–Kier alpha value is -3.28. The Morgan fingerprint density at radius 1 is 1.13 bits per heavy atom. The number of likely N-dealkylation sites (N-methyl/N-ethyl adjacent to an activating group) is 1. The van der Waals surface area contributed by atoms with Crippen LogP contribution in [-0.2, 0) is 17.4 Å². The van der Waals surface area contributed by atoms with Crippen molar-refractivity contribution in [3.8, 4) is 5.97 Å². The van der Waals surface area contributed by atoms with Crippen molar-refractivity contribution in [1.82, 2.24) is 10.2 Å². The lowest BCUT2D eigenvalue weighted by atomic mass is 9.63.